The van der Waals surface area contributed by atoms with E-state index in [1.165, 1.54) is 173 Å². The molecule has 1 aliphatic rings. The summed E-state index contributed by atoms with van der Waals surface area (Å²) in [5, 5.41) is 0. The fourth-order valence-electron chi connectivity index (χ4n) is 8.12. The van der Waals surface area contributed by atoms with Gasteiger partial charge in [0.15, 0.2) is 17.8 Å². The highest BCUT2D eigenvalue weighted by molar-refractivity contribution is 5.71. The predicted octanol–water partition coefficient (Wildman–Crippen LogP) is 17.3. The second-order valence-corrected chi connectivity index (χ2v) is 18.6. The average Bonchev–Trinajstić information content (AvgIpc) is 3.24. The third-order valence-corrected chi connectivity index (χ3v) is 12.0. The van der Waals surface area contributed by atoms with Gasteiger partial charge in [0.05, 0.1) is 33.0 Å². The average molecular weight is 821 g/mol. The summed E-state index contributed by atoms with van der Waals surface area (Å²) >= 11 is 0. The van der Waals surface area contributed by atoms with Gasteiger partial charge in [-0.3, -0.25) is 0 Å². The van der Waals surface area contributed by atoms with Crippen LogP contribution in [0.4, 0.5) is 0 Å². The van der Waals surface area contributed by atoms with Crippen LogP contribution < -0.4 is 14.2 Å². The molecule has 1 aliphatic heterocycles. The molecule has 338 valence electrons. The van der Waals surface area contributed by atoms with E-state index in [0.717, 1.165) is 53.2 Å². The summed E-state index contributed by atoms with van der Waals surface area (Å²) in [6.45, 7) is 14.7. The Hall–Kier alpha value is -2.24. The van der Waals surface area contributed by atoms with E-state index in [2.05, 4.69) is 71.0 Å². The fourth-order valence-corrected chi connectivity index (χ4v) is 8.12. The second-order valence-electron chi connectivity index (χ2n) is 18.6. The van der Waals surface area contributed by atoms with Gasteiger partial charge in [-0.1, -0.05) is 232 Å². The van der Waals surface area contributed by atoms with E-state index in [9.17, 15) is 0 Å². The van der Waals surface area contributed by atoms with E-state index in [1.54, 1.807) is 0 Å². The standard InChI is InChI=1S/C54H92O5/c1-6-9-12-15-18-21-24-27-30-33-40-55-50-43-49(47-36-38-48(39-37-47)53-58-45-54(4,5)46-59-53)44-51(56-41-34-31-28-25-22-19-16-13-10-7-2)52(50)57-42-35-32-29-26-23-20-17-14-11-8-3/h36-39,43-44,53H,6-35,40-42,45-46H2,1-5H3. The van der Waals surface area contributed by atoms with E-state index in [4.69, 9.17) is 23.7 Å². The van der Waals surface area contributed by atoms with Gasteiger partial charge in [0, 0.05) is 11.0 Å². The van der Waals surface area contributed by atoms with Gasteiger partial charge in [-0.25, -0.2) is 0 Å². The third-order valence-electron chi connectivity index (χ3n) is 12.0. The van der Waals surface area contributed by atoms with Crippen molar-refractivity contribution in [1.29, 1.82) is 0 Å². The maximum Gasteiger partial charge on any atom is 0.203 e. The molecule has 0 radical (unpaired) electrons. The Morgan fingerprint density at radius 2 is 0.746 bits per heavy atom. The zero-order valence-corrected chi connectivity index (χ0v) is 39.3. The predicted molar refractivity (Wildman–Crippen MR) is 252 cm³/mol. The molecule has 2 aromatic rings. The number of hydrogen-bond donors (Lipinski definition) is 0. The van der Waals surface area contributed by atoms with Gasteiger partial charge in [0.1, 0.15) is 0 Å². The van der Waals surface area contributed by atoms with Crippen molar-refractivity contribution in [2.75, 3.05) is 33.0 Å². The summed E-state index contributed by atoms with van der Waals surface area (Å²) in [5.41, 5.74) is 3.31. The van der Waals surface area contributed by atoms with E-state index in [0.29, 0.717) is 33.0 Å². The van der Waals surface area contributed by atoms with Gasteiger partial charge in [-0.2, -0.15) is 0 Å². The minimum absolute atomic E-state index is 0.0440. The summed E-state index contributed by atoms with van der Waals surface area (Å²) in [7, 11) is 0. The van der Waals surface area contributed by atoms with Crippen LogP contribution in [0, 0.1) is 5.41 Å². The van der Waals surface area contributed by atoms with Gasteiger partial charge in [0.25, 0.3) is 0 Å². The normalized spacial score (nSPS) is 14.2. The van der Waals surface area contributed by atoms with Crippen LogP contribution in [0.5, 0.6) is 17.2 Å². The molecule has 0 amide bonds. The lowest BCUT2D eigenvalue weighted by Gasteiger charge is -2.34. The molecule has 0 aliphatic carbocycles. The maximum absolute atomic E-state index is 6.66. The second kappa shape index (κ2) is 33.4. The molecule has 0 saturated carbocycles. The quantitative estimate of drug-likeness (QED) is 0.0632. The Labute approximate surface area is 364 Å². The van der Waals surface area contributed by atoms with Crippen LogP contribution >= 0.6 is 0 Å². The van der Waals surface area contributed by atoms with Crippen molar-refractivity contribution >= 4 is 0 Å². The molecule has 1 heterocycles. The first-order valence-corrected chi connectivity index (χ1v) is 25.4. The van der Waals surface area contributed by atoms with Gasteiger partial charge in [-0.15, -0.1) is 0 Å². The van der Waals surface area contributed by atoms with Crippen molar-refractivity contribution in [3.05, 3.63) is 42.0 Å². The highest BCUT2D eigenvalue weighted by Crippen LogP contribution is 2.43. The Balaban J connectivity index is 1.67. The first kappa shape index (κ1) is 51.1. The first-order chi connectivity index (χ1) is 29.0. The summed E-state index contributed by atoms with van der Waals surface area (Å²) in [6, 6.07) is 13.0. The molecule has 5 heteroatoms. The molecule has 3 rings (SSSR count). The highest BCUT2D eigenvalue weighted by Gasteiger charge is 2.29. The van der Waals surface area contributed by atoms with Crippen LogP contribution in [-0.4, -0.2) is 33.0 Å². The smallest absolute Gasteiger partial charge is 0.203 e. The Morgan fingerprint density at radius 3 is 1.10 bits per heavy atom. The number of rotatable bonds is 38. The zero-order valence-electron chi connectivity index (χ0n) is 39.3. The molecule has 5 nitrogen and oxygen atoms in total. The van der Waals surface area contributed by atoms with Crippen LogP contribution in [0.1, 0.15) is 239 Å². The minimum atomic E-state index is -0.321. The van der Waals surface area contributed by atoms with Crippen molar-refractivity contribution in [3.63, 3.8) is 0 Å². The van der Waals surface area contributed by atoms with Crippen LogP contribution in [0.2, 0.25) is 0 Å². The topological polar surface area (TPSA) is 46.2 Å². The Morgan fingerprint density at radius 1 is 0.424 bits per heavy atom. The number of benzene rings is 2. The van der Waals surface area contributed by atoms with Gasteiger partial charge in [0.2, 0.25) is 5.75 Å². The molecule has 0 N–H and O–H groups in total. The van der Waals surface area contributed by atoms with Crippen LogP contribution in [-0.2, 0) is 9.47 Å². The van der Waals surface area contributed by atoms with Crippen molar-refractivity contribution in [3.8, 4) is 28.4 Å². The molecule has 2 aromatic carbocycles. The molecule has 0 aromatic heterocycles. The lowest BCUT2D eigenvalue weighted by atomic mass is 9.95. The Kier molecular flexibility index (Phi) is 28.9. The molecule has 0 spiro atoms. The van der Waals surface area contributed by atoms with E-state index >= 15 is 0 Å². The van der Waals surface area contributed by atoms with Gasteiger partial charge in [-0.05, 0) is 42.5 Å². The molecule has 1 fully saturated rings. The number of hydrogen-bond acceptors (Lipinski definition) is 5. The number of ether oxygens (including phenoxy) is 5. The summed E-state index contributed by atoms with van der Waals surface area (Å²) < 4.78 is 32.2. The lowest BCUT2D eigenvalue weighted by molar-refractivity contribution is -0.226. The van der Waals surface area contributed by atoms with E-state index in [-0.39, 0.29) is 11.7 Å². The molecule has 1 saturated heterocycles. The highest BCUT2D eigenvalue weighted by atomic mass is 16.7. The monoisotopic (exact) mass is 821 g/mol. The zero-order chi connectivity index (χ0) is 42.1. The Bertz CT molecular complexity index is 1210. The van der Waals surface area contributed by atoms with Crippen molar-refractivity contribution in [2.24, 2.45) is 5.41 Å². The molecule has 0 atom stereocenters. The number of unbranched alkanes of at least 4 members (excludes halogenated alkanes) is 27. The van der Waals surface area contributed by atoms with Crippen molar-refractivity contribution < 1.29 is 23.7 Å². The largest absolute Gasteiger partial charge is 0.490 e. The molecule has 0 bridgehead atoms. The summed E-state index contributed by atoms with van der Waals surface area (Å²) in [4.78, 5) is 0. The maximum atomic E-state index is 6.66. The molecular weight excluding hydrogens is 729 g/mol. The minimum Gasteiger partial charge on any atom is -0.490 e. The lowest BCUT2D eigenvalue weighted by Crippen LogP contribution is -2.33. The van der Waals surface area contributed by atoms with Gasteiger partial charge < -0.3 is 23.7 Å². The van der Waals surface area contributed by atoms with Crippen LogP contribution in [0.15, 0.2) is 36.4 Å². The summed E-state index contributed by atoms with van der Waals surface area (Å²) in [5.74, 6) is 2.41. The first-order valence-electron chi connectivity index (χ1n) is 25.4. The van der Waals surface area contributed by atoms with Crippen molar-refractivity contribution in [2.45, 2.75) is 234 Å². The fraction of sp³-hybridized carbons (Fsp3) is 0.778. The van der Waals surface area contributed by atoms with Crippen molar-refractivity contribution in [1.82, 2.24) is 0 Å². The van der Waals surface area contributed by atoms with E-state index < -0.39 is 0 Å². The molecule has 0 unspecified atom stereocenters. The van der Waals surface area contributed by atoms with Gasteiger partial charge >= 0.3 is 0 Å². The van der Waals surface area contributed by atoms with Crippen LogP contribution in [0.3, 0.4) is 0 Å². The SMILES string of the molecule is CCCCCCCCCCCCOc1cc(-c2ccc(C3OCC(C)(C)CO3)cc2)cc(OCCCCCCCCCCCC)c1OCCCCCCCCCCCC. The van der Waals surface area contributed by atoms with Crippen LogP contribution in [0.25, 0.3) is 11.1 Å². The third kappa shape index (κ3) is 23.5. The van der Waals surface area contributed by atoms with E-state index in [1.807, 2.05) is 0 Å². The summed E-state index contributed by atoms with van der Waals surface area (Å²) in [6.07, 6.45) is 39.0. The molecular formula is C54H92O5. The molecule has 59 heavy (non-hydrogen) atoms.